The van der Waals surface area contributed by atoms with Gasteiger partial charge in [0.2, 0.25) is 11.9 Å². The molecule has 8 nitrogen and oxygen atoms in total. The maximum atomic E-state index is 5.41. The summed E-state index contributed by atoms with van der Waals surface area (Å²) in [6, 6.07) is 2.19. The molecule has 21 heavy (non-hydrogen) atoms. The van der Waals surface area contributed by atoms with Crippen LogP contribution in [0.4, 0.5) is 11.9 Å². The molecule has 0 aromatic carbocycles. The van der Waals surface area contributed by atoms with Crippen LogP contribution in [0, 0.1) is 6.92 Å². The first-order valence-corrected chi connectivity index (χ1v) is 6.71. The van der Waals surface area contributed by atoms with Gasteiger partial charge in [-0.3, -0.25) is 10.4 Å². The number of anilines is 2. The minimum atomic E-state index is 0.244. The van der Waals surface area contributed by atoms with Crippen molar-refractivity contribution in [1.82, 2.24) is 19.9 Å². The lowest BCUT2D eigenvalue weighted by Crippen LogP contribution is -2.15. The minimum absolute atomic E-state index is 0.244. The first kappa shape index (κ1) is 14.9. The molecule has 0 saturated heterocycles. The van der Waals surface area contributed by atoms with Gasteiger partial charge in [-0.15, -0.1) is 0 Å². The van der Waals surface area contributed by atoms with Crippen molar-refractivity contribution in [2.24, 2.45) is 5.84 Å². The average molecular weight is 289 g/mol. The standard InChI is InChI=1S/C13H19N7O/c1-3-6-21-13-18-11(17-12(19-13)20-14)16-8-10-4-5-15-7-9(10)2/h4-5,7H,3,6,8,14H2,1-2H3,(H2,16,17,18,19,20). The number of aryl methyl sites for hydroxylation is 1. The van der Waals surface area contributed by atoms with E-state index in [1.807, 2.05) is 26.1 Å². The molecule has 0 radical (unpaired) electrons. The predicted octanol–water partition coefficient (Wildman–Crippen LogP) is 1.26. The van der Waals surface area contributed by atoms with E-state index in [1.54, 1.807) is 6.20 Å². The van der Waals surface area contributed by atoms with Crippen LogP contribution in [0.5, 0.6) is 6.01 Å². The molecular formula is C13H19N7O. The molecule has 2 aromatic rings. The van der Waals surface area contributed by atoms with Crippen molar-refractivity contribution >= 4 is 11.9 Å². The van der Waals surface area contributed by atoms with E-state index >= 15 is 0 Å². The number of nitrogen functional groups attached to an aromatic ring is 1. The van der Waals surface area contributed by atoms with Crippen molar-refractivity contribution in [3.63, 3.8) is 0 Å². The van der Waals surface area contributed by atoms with Gasteiger partial charge in [0.1, 0.15) is 0 Å². The average Bonchev–Trinajstić information content (AvgIpc) is 2.52. The summed E-state index contributed by atoms with van der Waals surface area (Å²) in [5, 5.41) is 3.13. The molecule has 0 unspecified atom stereocenters. The summed E-state index contributed by atoms with van der Waals surface area (Å²) in [7, 11) is 0. The first-order valence-electron chi connectivity index (χ1n) is 6.71. The highest BCUT2D eigenvalue weighted by molar-refractivity contribution is 5.36. The van der Waals surface area contributed by atoms with Crippen LogP contribution in [-0.2, 0) is 6.54 Å². The van der Waals surface area contributed by atoms with E-state index < -0.39 is 0 Å². The summed E-state index contributed by atoms with van der Waals surface area (Å²) in [5.41, 5.74) is 4.61. The maximum absolute atomic E-state index is 5.41. The van der Waals surface area contributed by atoms with E-state index in [-0.39, 0.29) is 12.0 Å². The van der Waals surface area contributed by atoms with Crippen LogP contribution < -0.4 is 21.3 Å². The van der Waals surface area contributed by atoms with E-state index in [1.165, 1.54) is 0 Å². The molecule has 0 amide bonds. The Morgan fingerprint density at radius 2 is 2.05 bits per heavy atom. The monoisotopic (exact) mass is 289 g/mol. The second-order valence-electron chi connectivity index (χ2n) is 4.41. The van der Waals surface area contributed by atoms with Gasteiger partial charge in [0.05, 0.1) is 6.61 Å². The summed E-state index contributed by atoms with van der Waals surface area (Å²) in [6.07, 6.45) is 4.43. The smallest absolute Gasteiger partial charge is 0.323 e. The van der Waals surface area contributed by atoms with Crippen LogP contribution in [0.1, 0.15) is 24.5 Å². The first-order chi connectivity index (χ1) is 10.2. The van der Waals surface area contributed by atoms with Crippen molar-refractivity contribution in [3.8, 4) is 6.01 Å². The van der Waals surface area contributed by atoms with E-state index in [2.05, 4.69) is 30.7 Å². The number of hydrogen-bond acceptors (Lipinski definition) is 8. The zero-order valence-electron chi connectivity index (χ0n) is 12.1. The molecule has 8 heteroatoms. The van der Waals surface area contributed by atoms with E-state index in [0.29, 0.717) is 19.1 Å². The Hall–Kier alpha value is -2.48. The zero-order chi connectivity index (χ0) is 15.1. The van der Waals surface area contributed by atoms with Crippen molar-refractivity contribution in [1.29, 1.82) is 0 Å². The molecule has 2 rings (SSSR count). The molecule has 112 valence electrons. The molecule has 0 aliphatic heterocycles. The van der Waals surface area contributed by atoms with Crippen LogP contribution in [0.25, 0.3) is 0 Å². The Morgan fingerprint density at radius 1 is 1.24 bits per heavy atom. The van der Waals surface area contributed by atoms with Crippen LogP contribution in [0.2, 0.25) is 0 Å². The van der Waals surface area contributed by atoms with E-state index in [4.69, 9.17) is 10.6 Å². The summed E-state index contributed by atoms with van der Waals surface area (Å²) in [4.78, 5) is 16.4. The van der Waals surface area contributed by atoms with Crippen LogP contribution in [0.15, 0.2) is 18.5 Å². The molecule has 0 bridgehead atoms. The van der Waals surface area contributed by atoms with Crippen molar-refractivity contribution in [2.45, 2.75) is 26.8 Å². The Kier molecular flexibility index (Phi) is 5.22. The fourth-order valence-electron chi connectivity index (χ4n) is 1.63. The Morgan fingerprint density at radius 3 is 2.76 bits per heavy atom. The topological polar surface area (TPSA) is 111 Å². The Balaban J connectivity index is 2.09. The summed E-state index contributed by atoms with van der Waals surface area (Å²) in [6.45, 7) is 5.13. The predicted molar refractivity (Wildman–Crippen MR) is 79.7 cm³/mol. The Labute approximate surface area is 123 Å². The van der Waals surface area contributed by atoms with Crippen LogP contribution in [0.3, 0.4) is 0 Å². The molecule has 4 N–H and O–H groups in total. The fourth-order valence-corrected chi connectivity index (χ4v) is 1.63. The largest absolute Gasteiger partial charge is 0.463 e. The molecule has 0 aliphatic rings. The van der Waals surface area contributed by atoms with Crippen molar-refractivity contribution in [3.05, 3.63) is 29.6 Å². The van der Waals surface area contributed by atoms with Gasteiger partial charge in [-0.2, -0.15) is 15.0 Å². The third-order valence-electron chi connectivity index (χ3n) is 2.75. The molecule has 2 heterocycles. The number of hydrogen-bond donors (Lipinski definition) is 3. The highest BCUT2D eigenvalue weighted by Crippen LogP contribution is 2.13. The van der Waals surface area contributed by atoms with Crippen molar-refractivity contribution < 1.29 is 4.74 Å². The summed E-state index contributed by atoms with van der Waals surface area (Å²) >= 11 is 0. The lowest BCUT2D eigenvalue weighted by atomic mass is 10.1. The number of nitrogens with two attached hydrogens (primary N) is 1. The molecule has 0 atom stereocenters. The highest BCUT2D eigenvalue weighted by Gasteiger charge is 2.07. The van der Waals surface area contributed by atoms with Gasteiger partial charge in [0, 0.05) is 18.9 Å². The molecule has 2 aromatic heterocycles. The normalized spacial score (nSPS) is 10.2. The quantitative estimate of drug-likeness (QED) is 0.516. The number of aromatic nitrogens is 4. The van der Waals surface area contributed by atoms with Crippen LogP contribution in [-0.4, -0.2) is 26.5 Å². The summed E-state index contributed by atoms with van der Waals surface area (Å²) in [5.74, 6) is 6.01. The van der Waals surface area contributed by atoms with Gasteiger partial charge < -0.3 is 10.1 Å². The third kappa shape index (κ3) is 4.25. The van der Waals surface area contributed by atoms with Gasteiger partial charge in [-0.1, -0.05) is 6.92 Å². The van der Waals surface area contributed by atoms with Gasteiger partial charge >= 0.3 is 6.01 Å². The number of ether oxygens (including phenoxy) is 1. The molecular weight excluding hydrogens is 270 g/mol. The SMILES string of the molecule is CCCOc1nc(NN)nc(NCc2ccncc2C)n1. The maximum Gasteiger partial charge on any atom is 0.323 e. The minimum Gasteiger partial charge on any atom is -0.463 e. The van der Waals surface area contributed by atoms with Gasteiger partial charge in [-0.25, -0.2) is 5.84 Å². The summed E-state index contributed by atoms with van der Waals surface area (Å²) < 4.78 is 5.41. The fraction of sp³-hybridized carbons (Fsp3) is 0.385. The third-order valence-corrected chi connectivity index (χ3v) is 2.75. The second kappa shape index (κ2) is 7.34. The number of hydrazine groups is 1. The number of nitrogens with one attached hydrogen (secondary N) is 2. The second-order valence-corrected chi connectivity index (χ2v) is 4.41. The highest BCUT2D eigenvalue weighted by atomic mass is 16.5. The number of pyridine rings is 1. The molecule has 0 fully saturated rings. The van der Waals surface area contributed by atoms with Gasteiger partial charge in [-0.05, 0) is 30.5 Å². The number of rotatable bonds is 7. The van der Waals surface area contributed by atoms with Gasteiger partial charge in [0.15, 0.2) is 0 Å². The zero-order valence-corrected chi connectivity index (χ0v) is 12.1. The molecule has 0 saturated carbocycles. The van der Waals surface area contributed by atoms with E-state index in [9.17, 15) is 0 Å². The Bertz CT molecular complexity index is 590. The molecule has 0 aliphatic carbocycles. The lowest BCUT2D eigenvalue weighted by molar-refractivity contribution is 0.292. The lowest BCUT2D eigenvalue weighted by Gasteiger charge is -2.10. The van der Waals surface area contributed by atoms with Gasteiger partial charge in [0.25, 0.3) is 0 Å². The van der Waals surface area contributed by atoms with Crippen LogP contribution >= 0.6 is 0 Å². The molecule has 0 spiro atoms. The van der Waals surface area contributed by atoms with Crippen molar-refractivity contribution in [2.75, 3.05) is 17.3 Å². The number of nitrogens with zero attached hydrogens (tertiary/aromatic N) is 4. The van der Waals surface area contributed by atoms with E-state index in [0.717, 1.165) is 17.5 Å².